The quantitative estimate of drug-likeness (QED) is 0.227. The molecule has 1 fully saturated rings. The van der Waals surface area contributed by atoms with Gasteiger partial charge in [0.05, 0.1) is 31.7 Å². The summed E-state index contributed by atoms with van der Waals surface area (Å²) in [6.45, 7) is 2.94. The second kappa shape index (κ2) is 13.0. The van der Waals surface area contributed by atoms with Gasteiger partial charge in [0, 0.05) is 53.8 Å². The van der Waals surface area contributed by atoms with Gasteiger partial charge in [-0.2, -0.15) is 4.98 Å². The number of halogens is 2. The monoisotopic (exact) mass is 578 g/mol. The van der Waals surface area contributed by atoms with Crippen LogP contribution in [-0.4, -0.2) is 49.2 Å². The van der Waals surface area contributed by atoms with Crippen molar-refractivity contribution in [2.45, 2.75) is 12.8 Å². The molecule has 5 rings (SSSR count). The highest BCUT2D eigenvalue weighted by Crippen LogP contribution is 2.31. The lowest BCUT2D eigenvalue weighted by atomic mass is 10.0. The van der Waals surface area contributed by atoms with Crippen LogP contribution >= 0.6 is 23.2 Å². The Morgan fingerprint density at radius 1 is 0.975 bits per heavy atom. The number of para-hydroxylation sites is 2. The van der Waals surface area contributed by atoms with Gasteiger partial charge >= 0.3 is 0 Å². The molecule has 8 nitrogen and oxygen atoms in total. The number of morpholine rings is 1. The van der Waals surface area contributed by atoms with Crippen LogP contribution in [0.5, 0.6) is 17.4 Å². The van der Waals surface area contributed by atoms with E-state index in [1.807, 2.05) is 30.3 Å². The summed E-state index contributed by atoms with van der Waals surface area (Å²) in [5, 5.41) is 4.29. The molecule has 0 aliphatic carbocycles. The predicted octanol–water partition coefficient (Wildman–Crippen LogP) is 6.52. The summed E-state index contributed by atoms with van der Waals surface area (Å²) in [5.41, 5.74) is 3.17. The zero-order valence-corrected chi connectivity index (χ0v) is 23.4. The van der Waals surface area contributed by atoms with Crippen molar-refractivity contribution >= 4 is 46.3 Å². The molecule has 1 saturated heterocycles. The average molecular weight is 579 g/mol. The van der Waals surface area contributed by atoms with E-state index < -0.39 is 0 Å². The Labute approximate surface area is 242 Å². The van der Waals surface area contributed by atoms with Gasteiger partial charge in [-0.15, -0.1) is 0 Å². The lowest BCUT2D eigenvalue weighted by molar-refractivity contribution is -0.117. The summed E-state index contributed by atoms with van der Waals surface area (Å²) in [4.78, 5) is 24.5. The fourth-order valence-corrected chi connectivity index (χ4v) is 5.00. The van der Waals surface area contributed by atoms with Crippen molar-refractivity contribution < 1.29 is 19.0 Å². The highest BCUT2D eigenvalue weighted by molar-refractivity contribution is 6.34. The fraction of sp³-hybridized carbons (Fsp3) is 0.233. The molecule has 10 heteroatoms. The van der Waals surface area contributed by atoms with Gasteiger partial charge in [0.2, 0.25) is 11.8 Å². The van der Waals surface area contributed by atoms with Crippen LogP contribution in [0.15, 0.2) is 72.9 Å². The van der Waals surface area contributed by atoms with E-state index in [1.54, 1.807) is 43.6 Å². The summed E-state index contributed by atoms with van der Waals surface area (Å²) in [6, 6.07) is 20.3. The Bertz CT molecular complexity index is 1470. The molecule has 0 spiro atoms. The summed E-state index contributed by atoms with van der Waals surface area (Å²) >= 11 is 12.2. The molecule has 0 unspecified atom stereocenters. The van der Waals surface area contributed by atoms with Crippen LogP contribution in [0, 0.1) is 0 Å². The van der Waals surface area contributed by atoms with Gasteiger partial charge in [-0.25, -0.2) is 4.98 Å². The van der Waals surface area contributed by atoms with Crippen molar-refractivity contribution in [2.24, 2.45) is 0 Å². The van der Waals surface area contributed by atoms with Crippen LogP contribution in [0.1, 0.15) is 11.1 Å². The van der Waals surface area contributed by atoms with Crippen molar-refractivity contribution in [3.8, 4) is 17.4 Å². The Kier molecular flexibility index (Phi) is 9.01. The van der Waals surface area contributed by atoms with Crippen molar-refractivity contribution in [3.63, 3.8) is 0 Å². The minimum Gasteiger partial charge on any atom is -0.497 e. The smallest absolute Gasteiger partial charge is 0.230 e. The van der Waals surface area contributed by atoms with Crippen molar-refractivity contribution in [2.75, 3.05) is 43.6 Å². The topological polar surface area (TPSA) is 85.8 Å². The summed E-state index contributed by atoms with van der Waals surface area (Å²) in [6.07, 6.45) is 1.84. The fourth-order valence-electron chi connectivity index (χ4n) is 4.43. The van der Waals surface area contributed by atoms with E-state index in [0.29, 0.717) is 46.3 Å². The molecule has 0 radical (unpaired) electrons. The molecule has 2 heterocycles. The van der Waals surface area contributed by atoms with E-state index in [9.17, 15) is 4.79 Å². The van der Waals surface area contributed by atoms with Gasteiger partial charge in [0.25, 0.3) is 0 Å². The Morgan fingerprint density at radius 3 is 2.50 bits per heavy atom. The summed E-state index contributed by atoms with van der Waals surface area (Å²) in [5.74, 6) is 1.71. The number of Topliss-reactive ketones (excluding diaryl/α,β-unsaturated/α-hetero) is 1. The summed E-state index contributed by atoms with van der Waals surface area (Å²) < 4.78 is 17.0. The molecule has 1 aromatic heterocycles. The molecule has 1 N–H and O–H groups in total. The molecule has 0 amide bonds. The van der Waals surface area contributed by atoms with E-state index in [4.69, 9.17) is 37.4 Å². The first-order valence-corrected chi connectivity index (χ1v) is 13.6. The number of methoxy groups -OCH3 is 1. The van der Waals surface area contributed by atoms with Gasteiger partial charge in [-0.05, 0) is 48.0 Å². The minimum atomic E-state index is -0.0594. The van der Waals surface area contributed by atoms with Gasteiger partial charge in [0.1, 0.15) is 17.3 Å². The SMILES string of the molecule is COc1cccc(Oc2nc(Nc3ccccc3N3CCOCC3)ncc2CC(=O)Cc2cc(Cl)cc(Cl)c2)c1. The van der Waals surface area contributed by atoms with Crippen molar-refractivity contribution in [1.82, 2.24) is 9.97 Å². The lowest BCUT2D eigenvalue weighted by Crippen LogP contribution is -2.36. The molecular weight excluding hydrogens is 551 g/mol. The van der Waals surface area contributed by atoms with Crippen LogP contribution < -0.4 is 19.7 Å². The van der Waals surface area contributed by atoms with Gasteiger partial charge in [-0.1, -0.05) is 41.4 Å². The molecule has 1 aliphatic rings. The van der Waals surface area contributed by atoms with E-state index in [-0.39, 0.29) is 24.5 Å². The Morgan fingerprint density at radius 2 is 1.73 bits per heavy atom. The minimum absolute atomic E-state index is 0.0594. The molecule has 4 aromatic rings. The third-order valence-corrected chi connectivity index (χ3v) is 6.73. The maximum absolute atomic E-state index is 13.1. The average Bonchev–Trinajstić information content (AvgIpc) is 2.95. The maximum atomic E-state index is 13.1. The second-order valence-corrected chi connectivity index (χ2v) is 10.1. The second-order valence-electron chi connectivity index (χ2n) is 9.22. The van der Waals surface area contributed by atoms with E-state index in [2.05, 4.69) is 26.3 Å². The molecule has 1 aliphatic heterocycles. The number of hydrogen-bond acceptors (Lipinski definition) is 8. The van der Waals surface area contributed by atoms with Crippen molar-refractivity contribution in [1.29, 1.82) is 0 Å². The molecule has 206 valence electrons. The standard InChI is InChI=1S/C30H28Cl2N4O4/c1-38-25-5-4-6-26(18-25)40-29-21(16-24(37)15-20-13-22(31)17-23(32)14-20)19-33-30(35-29)34-27-7-2-3-8-28(27)36-9-11-39-12-10-36/h2-8,13-14,17-19H,9-12,15-16H2,1H3,(H,33,34,35). The van der Waals surface area contributed by atoms with E-state index >= 15 is 0 Å². The van der Waals surface area contributed by atoms with Gasteiger partial charge in [0.15, 0.2) is 0 Å². The number of carbonyl (C=O) groups excluding carboxylic acids is 1. The maximum Gasteiger partial charge on any atom is 0.230 e. The third kappa shape index (κ3) is 7.21. The Hall–Kier alpha value is -3.85. The predicted molar refractivity (Wildman–Crippen MR) is 157 cm³/mol. The molecule has 40 heavy (non-hydrogen) atoms. The molecule has 0 bridgehead atoms. The molecule has 0 saturated carbocycles. The first kappa shape index (κ1) is 27.7. The number of ether oxygens (including phenoxy) is 3. The van der Waals surface area contributed by atoms with E-state index in [0.717, 1.165) is 30.0 Å². The number of hydrogen-bond donors (Lipinski definition) is 1. The normalized spacial score (nSPS) is 13.1. The molecular formula is C30H28Cl2N4O4. The zero-order chi connectivity index (χ0) is 27.9. The van der Waals surface area contributed by atoms with Crippen LogP contribution in [-0.2, 0) is 22.4 Å². The number of benzene rings is 3. The van der Waals surface area contributed by atoms with Crippen LogP contribution in [0.4, 0.5) is 17.3 Å². The molecule has 3 aromatic carbocycles. The number of rotatable bonds is 10. The Balaban J connectivity index is 1.42. The van der Waals surface area contributed by atoms with Crippen LogP contribution in [0.2, 0.25) is 10.0 Å². The highest BCUT2D eigenvalue weighted by Gasteiger charge is 2.18. The lowest BCUT2D eigenvalue weighted by Gasteiger charge is -2.30. The zero-order valence-electron chi connectivity index (χ0n) is 21.9. The number of nitrogens with zero attached hydrogens (tertiary/aromatic N) is 3. The van der Waals surface area contributed by atoms with Gasteiger partial charge in [-0.3, -0.25) is 4.79 Å². The first-order valence-electron chi connectivity index (χ1n) is 12.8. The van der Waals surface area contributed by atoms with Crippen LogP contribution in [0.3, 0.4) is 0 Å². The number of aromatic nitrogens is 2. The highest BCUT2D eigenvalue weighted by atomic mass is 35.5. The number of nitrogens with one attached hydrogen (secondary N) is 1. The van der Waals surface area contributed by atoms with Crippen molar-refractivity contribution in [3.05, 3.63) is 94.1 Å². The first-order chi connectivity index (χ1) is 19.5. The van der Waals surface area contributed by atoms with E-state index in [1.165, 1.54) is 0 Å². The number of anilines is 3. The number of carbonyl (C=O) groups is 1. The third-order valence-electron chi connectivity index (χ3n) is 6.29. The summed E-state index contributed by atoms with van der Waals surface area (Å²) in [7, 11) is 1.59. The van der Waals surface area contributed by atoms with Crippen LogP contribution in [0.25, 0.3) is 0 Å². The largest absolute Gasteiger partial charge is 0.497 e. The molecule has 0 atom stereocenters. The van der Waals surface area contributed by atoms with Gasteiger partial charge < -0.3 is 24.4 Å². The number of ketones is 1.